The van der Waals surface area contributed by atoms with Gasteiger partial charge in [0.1, 0.15) is 18.2 Å². The maximum absolute atomic E-state index is 13.5. The quantitative estimate of drug-likeness (QED) is 0.937. The van der Waals surface area contributed by atoms with E-state index in [1.807, 2.05) is 30.3 Å². The predicted molar refractivity (Wildman–Crippen MR) is 85.7 cm³/mol. The molecule has 0 unspecified atom stereocenters. The number of halogens is 2. The minimum absolute atomic E-state index is 0.224. The summed E-state index contributed by atoms with van der Waals surface area (Å²) in [5.41, 5.74) is 0.508. The Bertz CT molecular complexity index is 768. The van der Waals surface area contributed by atoms with Crippen molar-refractivity contribution in [3.8, 4) is 0 Å². The zero-order chi connectivity index (χ0) is 17.1. The highest BCUT2D eigenvalue weighted by atomic mass is 19.1. The number of amides is 3. The van der Waals surface area contributed by atoms with Crippen LogP contribution in [-0.2, 0) is 4.79 Å². The van der Waals surface area contributed by atoms with Crippen molar-refractivity contribution in [2.24, 2.45) is 0 Å². The summed E-state index contributed by atoms with van der Waals surface area (Å²) >= 11 is 0. The molecule has 1 fully saturated rings. The van der Waals surface area contributed by atoms with Crippen molar-refractivity contribution in [1.29, 1.82) is 0 Å². The fourth-order valence-electron chi connectivity index (χ4n) is 2.53. The summed E-state index contributed by atoms with van der Waals surface area (Å²) in [6, 6.07) is 11.6. The molecule has 1 aliphatic rings. The molecule has 3 amide bonds. The Morgan fingerprint density at radius 2 is 1.83 bits per heavy atom. The van der Waals surface area contributed by atoms with Crippen LogP contribution in [0.1, 0.15) is 0 Å². The number of nitrogens with one attached hydrogen (secondary N) is 1. The third-order valence-corrected chi connectivity index (χ3v) is 3.70. The second-order valence-electron chi connectivity index (χ2n) is 5.36. The number of carbonyl (C=O) groups excluding carboxylic acids is 2. The highest BCUT2D eigenvalue weighted by molar-refractivity contribution is 5.99. The Morgan fingerprint density at radius 3 is 2.58 bits per heavy atom. The molecule has 1 saturated heterocycles. The fourth-order valence-corrected chi connectivity index (χ4v) is 2.53. The Balaban J connectivity index is 1.63. The molecule has 0 bridgehead atoms. The van der Waals surface area contributed by atoms with E-state index in [-0.39, 0.29) is 18.3 Å². The normalized spacial score (nSPS) is 14.2. The van der Waals surface area contributed by atoms with Crippen LogP contribution >= 0.6 is 0 Å². The number of anilines is 2. The van der Waals surface area contributed by atoms with Gasteiger partial charge in [0.05, 0.1) is 5.69 Å². The van der Waals surface area contributed by atoms with Crippen LogP contribution < -0.4 is 10.2 Å². The van der Waals surface area contributed by atoms with Crippen LogP contribution in [0.15, 0.2) is 48.5 Å². The van der Waals surface area contributed by atoms with Gasteiger partial charge in [-0.25, -0.2) is 13.6 Å². The van der Waals surface area contributed by atoms with Gasteiger partial charge in [0.15, 0.2) is 0 Å². The summed E-state index contributed by atoms with van der Waals surface area (Å²) < 4.78 is 26.6. The van der Waals surface area contributed by atoms with Crippen molar-refractivity contribution in [1.82, 2.24) is 4.90 Å². The molecule has 0 aromatic heterocycles. The lowest BCUT2D eigenvalue weighted by Crippen LogP contribution is -2.37. The van der Waals surface area contributed by atoms with E-state index < -0.39 is 17.5 Å². The lowest BCUT2D eigenvalue weighted by atomic mass is 10.3. The molecule has 0 saturated carbocycles. The minimum atomic E-state index is -0.733. The Morgan fingerprint density at radius 1 is 1.08 bits per heavy atom. The van der Waals surface area contributed by atoms with Gasteiger partial charge >= 0.3 is 6.03 Å². The molecular formula is C17H15F2N3O2. The molecule has 0 radical (unpaired) electrons. The third-order valence-electron chi connectivity index (χ3n) is 3.70. The first-order valence-electron chi connectivity index (χ1n) is 7.41. The van der Waals surface area contributed by atoms with Crippen LogP contribution in [0, 0.1) is 11.6 Å². The van der Waals surface area contributed by atoms with Crippen LogP contribution in [0.3, 0.4) is 0 Å². The molecule has 7 heteroatoms. The highest BCUT2D eigenvalue weighted by Gasteiger charge is 2.30. The largest absolute Gasteiger partial charge is 0.325 e. The molecule has 124 valence electrons. The minimum Gasteiger partial charge on any atom is -0.322 e. The van der Waals surface area contributed by atoms with Crippen molar-refractivity contribution in [2.75, 3.05) is 29.9 Å². The van der Waals surface area contributed by atoms with E-state index in [1.54, 1.807) is 4.90 Å². The number of urea groups is 1. The number of nitrogens with zero attached hydrogens (tertiary/aromatic N) is 2. The molecule has 2 aromatic carbocycles. The van der Waals surface area contributed by atoms with Gasteiger partial charge in [0, 0.05) is 24.8 Å². The standard InChI is InChI=1S/C17H15F2N3O2/c18-12-6-7-14(19)15(10-12)20-16(23)11-21-8-9-22(17(21)24)13-4-2-1-3-5-13/h1-7,10H,8-9,11H2,(H,20,23). The summed E-state index contributed by atoms with van der Waals surface area (Å²) in [6.07, 6.45) is 0. The van der Waals surface area contributed by atoms with Gasteiger partial charge in [0.25, 0.3) is 0 Å². The molecular weight excluding hydrogens is 316 g/mol. The first-order valence-corrected chi connectivity index (χ1v) is 7.41. The summed E-state index contributed by atoms with van der Waals surface area (Å²) in [7, 11) is 0. The van der Waals surface area contributed by atoms with Crippen LogP contribution in [0.25, 0.3) is 0 Å². The summed E-state index contributed by atoms with van der Waals surface area (Å²) in [5.74, 6) is -1.97. The van der Waals surface area contributed by atoms with E-state index in [9.17, 15) is 18.4 Å². The predicted octanol–water partition coefficient (Wildman–Crippen LogP) is 2.85. The molecule has 0 atom stereocenters. The topological polar surface area (TPSA) is 52.7 Å². The van der Waals surface area contributed by atoms with E-state index in [4.69, 9.17) is 0 Å². The Hall–Kier alpha value is -2.96. The molecule has 2 aromatic rings. The van der Waals surface area contributed by atoms with E-state index in [2.05, 4.69) is 5.32 Å². The maximum atomic E-state index is 13.5. The third kappa shape index (κ3) is 3.34. The first-order chi connectivity index (χ1) is 11.5. The highest BCUT2D eigenvalue weighted by Crippen LogP contribution is 2.20. The molecule has 1 heterocycles. The van der Waals surface area contributed by atoms with Crippen molar-refractivity contribution >= 4 is 23.3 Å². The summed E-state index contributed by atoms with van der Waals surface area (Å²) in [6.45, 7) is 0.620. The molecule has 1 N–H and O–H groups in total. The Kier molecular flexibility index (Phi) is 4.41. The van der Waals surface area contributed by atoms with Crippen LogP contribution in [-0.4, -0.2) is 36.5 Å². The van der Waals surface area contributed by atoms with Gasteiger partial charge in [-0.3, -0.25) is 9.69 Å². The number of rotatable bonds is 4. The Labute approximate surface area is 137 Å². The van der Waals surface area contributed by atoms with E-state index in [0.29, 0.717) is 13.1 Å². The fraction of sp³-hybridized carbons (Fsp3) is 0.176. The average Bonchev–Trinajstić information content (AvgIpc) is 2.92. The second kappa shape index (κ2) is 6.66. The van der Waals surface area contributed by atoms with Gasteiger partial charge in [-0.15, -0.1) is 0 Å². The number of carbonyl (C=O) groups is 2. The van der Waals surface area contributed by atoms with Gasteiger partial charge in [-0.1, -0.05) is 18.2 Å². The monoisotopic (exact) mass is 331 g/mol. The van der Waals surface area contributed by atoms with Gasteiger partial charge < -0.3 is 10.2 Å². The molecule has 0 aliphatic carbocycles. The van der Waals surface area contributed by atoms with Crippen molar-refractivity contribution < 1.29 is 18.4 Å². The van der Waals surface area contributed by atoms with E-state index >= 15 is 0 Å². The average molecular weight is 331 g/mol. The van der Waals surface area contributed by atoms with Crippen LogP contribution in [0.4, 0.5) is 25.0 Å². The van der Waals surface area contributed by atoms with E-state index in [0.717, 1.165) is 23.9 Å². The number of hydrogen-bond acceptors (Lipinski definition) is 2. The molecule has 0 spiro atoms. The SMILES string of the molecule is O=C(CN1CCN(c2ccccc2)C1=O)Nc1cc(F)ccc1F. The number of para-hydroxylation sites is 1. The zero-order valence-corrected chi connectivity index (χ0v) is 12.7. The van der Waals surface area contributed by atoms with E-state index in [1.165, 1.54) is 4.90 Å². The lowest BCUT2D eigenvalue weighted by Gasteiger charge is -2.18. The van der Waals surface area contributed by atoms with Gasteiger partial charge in [0.2, 0.25) is 5.91 Å². The molecule has 24 heavy (non-hydrogen) atoms. The second-order valence-corrected chi connectivity index (χ2v) is 5.36. The van der Waals surface area contributed by atoms with Crippen LogP contribution in [0.2, 0.25) is 0 Å². The lowest BCUT2D eigenvalue weighted by molar-refractivity contribution is -0.116. The van der Waals surface area contributed by atoms with Crippen molar-refractivity contribution in [3.05, 3.63) is 60.2 Å². The molecule has 5 nitrogen and oxygen atoms in total. The van der Waals surface area contributed by atoms with Crippen molar-refractivity contribution in [2.45, 2.75) is 0 Å². The molecule has 3 rings (SSSR count). The molecule has 1 aliphatic heterocycles. The first kappa shape index (κ1) is 15.9. The number of benzene rings is 2. The van der Waals surface area contributed by atoms with Crippen LogP contribution in [0.5, 0.6) is 0 Å². The van der Waals surface area contributed by atoms with Crippen molar-refractivity contribution in [3.63, 3.8) is 0 Å². The zero-order valence-electron chi connectivity index (χ0n) is 12.7. The number of hydrogen-bond donors (Lipinski definition) is 1. The van der Waals surface area contributed by atoms with Gasteiger partial charge in [-0.2, -0.15) is 0 Å². The summed E-state index contributed by atoms with van der Waals surface area (Å²) in [4.78, 5) is 27.3. The summed E-state index contributed by atoms with van der Waals surface area (Å²) in [5, 5.41) is 2.29. The maximum Gasteiger partial charge on any atom is 0.325 e. The van der Waals surface area contributed by atoms with Gasteiger partial charge in [-0.05, 0) is 24.3 Å². The smallest absolute Gasteiger partial charge is 0.322 e.